The molecule has 1 aliphatic rings. The van der Waals surface area contributed by atoms with Crippen LogP contribution in [-0.2, 0) is 19.4 Å². The van der Waals surface area contributed by atoms with Crippen molar-refractivity contribution in [2.75, 3.05) is 0 Å². The topological polar surface area (TPSA) is 24.9 Å². The molecule has 0 aliphatic heterocycles. The highest BCUT2D eigenvalue weighted by Gasteiger charge is 2.21. The average Bonchev–Trinajstić information content (AvgIpc) is 3.23. The van der Waals surface area contributed by atoms with Crippen LogP contribution in [0.4, 0.5) is 0 Å². The van der Waals surface area contributed by atoms with E-state index < -0.39 is 0 Å². The third-order valence-electron chi connectivity index (χ3n) is 3.91. The smallest absolute Gasteiger partial charge is 0.0975 e. The van der Waals surface area contributed by atoms with E-state index in [0.29, 0.717) is 0 Å². The van der Waals surface area contributed by atoms with Crippen LogP contribution < -0.4 is 5.32 Å². The number of hydrogen-bond acceptors (Lipinski definition) is 3. The predicted octanol–water partition coefficient (Wildman–Crippen LogP) is 4.25. The van der Waals surface area contributed by atoms with Crippen LogP contribution in [0.3, 0.4) is 0 Å². The van der Waals surface area contributed by atoms with E-state index in [9.17, 15) is 0 Å². The third-order valence-corrected chi connectivity index (χ3v) is 5.01. The number of aromatic nitrogens is 1. The first-order valence-electron chi connectivity index (χ1n) is 8.01. The van der Waals surface area contributed by atoms with Crippen LogP contribution in [0.1, 0.15) is 52.9 Å². The molecule has 3 heteroatoms. The molecular weight excluding hydrogens is 276 g/mol. The molecule has 1 aliphatic carbocycles. The Bertz CT molecular complexity index is 582. The van der Waals surface area contributed by atoms with Crippen LogP contribution >= 0.6 is 11.3 Å². The van der Waals surface area contributed by atoms with Gasteiger partial charge in [-0.3, -0.25) is 0 Å². The summed E-state index contributed by atoms with van der Waals surface area (Å²) in [6.45, 7) is 5.37. The summed E-state index contributed by atoms with van der Waals surface area (Å²) in [4.78, 5) is 6.34. The van der Waals surface area contributed by atoms with E-state index in [0.717, 1.165) is 25.4 Å². The van der Waals surface area contributed by atoms with E-state index in [1.54, 1.807) is 0 Å². The van der Waals surface area contributed by atoms with Gasteiger partial charge in [-0.2, -0.15) is 0 Å². The first-order chi connectivity index (χ1) is 10.2. The summed E-state index contributed by atoms with van der Waals surface area (Å²) >= 11 is 1.89. The number of nitrogens with one attached hydrogen (secondary N) is 1. The number of aryl methyl sites for hydroxylation is 2. The zero-order valence-electron chi connectivity index (χ0n) is 13.0. The second kappa shape index (κ2) is 6.71. The lowest BCUT2D eigenvalue weighted by Gasteiger charge is -2.01. The normalized spacial score (nSPS) is 14.6. The minimum absolute atomic E-state index is 0.766. The fourth-order valence-electron chi connectivity index (χ4n) is 2.49. The molecule has 1 aromatic heterocycles. The van der Waals surface area contributed by atoms with Gasteiger partial charge in [0.1, 0.15) is 0 Å². The highest BCUT2D eigenvalue weighted by atomic mass is 32.1. The standard InChI is InChI=1S/C18H24N2S/c1-3-4-16-17(12-19-15-9-10-15)21-18(20-16)11-14-7-5-13(2)6-8-14/h5-8,15,19H,3-4,9-12H2,1-2H3. The van der Waals surface area contributed by atoms with Crippen molar-refractivity contribution < 1.29 is 0 Å². The monoisotopic (exact) mass is 300 g/mol. The highest BCUT2D eigenvalue weighted by Crippen LogP contribution is 2.25. The van der Waals surface area contributed by atoms with Crippen molar-refractivity contribution in [2.45, 2.75) is 58.5 Å². The maximum atomic E-state index is 4.89. The Hall–Kier alpha value is -1.19. The van der Waals surface area contributed by atoms with Crippen molar-refractivity contribution in [3.05, 3.63) is 51.0 Å². The minimum atomic E-state index is 0.766. The molecule has 0 radical (unpaired) electrons. The second-order valence-electron chi connectivity index (χ2n) is 6.05. The molecule has 112 valence electrons. The Morgan fingerprint density at radius 2 is 2.00 bits per heavy atom. The maximum absolute atomic E-state index is 4.89. The Morgan fingerprint density at radius 3 is 2.67 bits per heavy atom. The lowest BCUT2D eigenvalue weighted by molar-refractivity contribution is 0.686. The lowest BCUT2D eigenvalue weighted by Crippen LogP contribution is -2.15. The van der Waals surface area contributed by atoms with Gasteiger partial charge in [0.25, 0.3) is 0 Å². The molecule has 3 rings (SSSR count). The average molecular weight is 300 g/mol. The molecule has 2 aromatic rings. The molecular formula is C18H24N2S. The number of thiazole rings is 1. The van der Waals surface area contributed by atoms with Gasteiger partial charge >= 0.3 is 0 Å². The zero-order valence-corrected chi connectivity index (χ0v) is 13.8. The molecule has 0 atom stereocenters. The van der Waals surface area contributed by atoms with Gasteiger partial charge in [0.15, 0.2) is 0 Å². The molecule has 1 N–H and O–H groups in total. The van der Waals surface area contributed by atoms with Crippen molar-refractivity contribution >= 4 is 11.3 Å². The fraction of sp³-hybridized carbons (Fsp3) is 0.500. The van der Waals surface area contributed by atoms with Gasteiger partial charge in [-0.15, -0.1) is 11.3 Å². The number of nitrogens with zero attached hydrogens (tertiary/aromatic N) is 1. The summed E-state index contributed by atoms with van der Waals surface area (Å²) in [5.74, 6) is 0. The van der Waals surface area contributed by atoms with E-state index in [4.69, 9.17) is 4.98 Å². The summed E-state index contributed by atoms with van der Waals surface area (Å²) < 4.78 is 0. The Labute approximate surface area is 131 Å². The molecule has 1 saturated carbocycles. The molecule has 0 amide bonds. The summed E-state index contributed by atoms with van der Waals surface area (Å²) in [6, 6.07) is 9.58. The zero-order chi connectivity index (χ0) is 14.7. The van der Waals surface area contributed by atoms with E-state index in [1.807, 2.05) is 11.3 Å². The summed E-state index contributed by atoms with van der Waals surface area (Å²) in [7, 11) is 0. The molecule has 0 spiro atoms. The quantitative estimate of drug-likeness (QED) is 0.827. The van der Waals surface area contributed by atoms with Crippen molar-refractivity contribution in [3.63, 3.8) is 0 Å². The molecule has 1 fully saturated rings. The van der Waals surface area contributed by atoms with Crippen molar-refractivity contribution in [1.29, 1.82) is 0 Å². The minimum Gasteiger partial charge on any atom is -0.309 e. The first kappa shape index (κ1) is 14.7. The first-order valence-corrected chi connectivity index (χ1v) is 8.82. The Balaban J connectivity index is 1.71. The van der Waals surface area contributed by atoms with Gasteiger partial charge in [0.2, 0.25) is 0 Å². The van der Waals surface area contributed by atoms with Crippen LogP contribution in [0.25, 0.3) is 0 Å². The van der Waals surface area contributed by atoms with E-state index in [-0.39, 0.29) is 0 Å². The summed E-state index contributed by atoms with van der Waals surface area (Å²) in [6.07, 6.45) is 5.93. The lowest BCUT2D eigenvalue weighted by atomic mass is 10.1. The summed E-state index contributed by atoms with van der Waals surface area (Å²) in [5.41, 5.74) is 4.00. The molecule has 2 nitrogen and oxygen atoms in total. The van der Waals surface area contributed by atoms with Crippen LogP contribution in [0, 0.1) is 6.92 Å². The van der Waals surface area contributed by atoms with Gasteiger partial charge in [0, 0.05) is 23.9 Å². The number of benzene rings is 1. The van der Waals surface area contributed by atoms with Crippen LogP contribution in [-0.4, -0.2) is 11.0 Å². The fourth-order valence-corrected chi connectivity index (χ4v) is 3.59. The largest absolute Gasteiger partial charge is 0.309 e. The Kier molecular flexibility index (Phi) is 4.71. The number of hydrogen-bond donors (Lipinski definition) is 1. The third kappa shape index (κ3) is 4.14. The van der Waals surface area contributed by atoms with Crippen molar-refractivity contribution in [2.24, 2.45) is 0 Å². The molecule has 0 bridgehead atoms. The SMILES string of the molecule is CCCc1nc(Cc2ccc(C)cc2)sc1CNC1CC1. The van der Waals surface area contributed by atoms with Crippen LogP contribution in [0.2, 0.25) is 0 Å². The number of rotatable bonds is 7. The van der Waals surface area contributed by atoms with Crippen molar-refractivity contribution in [3.8, 4) is 0 Å². The van der Waals surface area contributed by atoms with Crippen LogP contribution in [0.5, 0.6) is 0 Å². The Morgan fingerprint density at radius 1 is 1.24 bits per heavy atom. The van der Waals surface area contributed by atoms with E-state index >= 15 is 0 Å². The predicted molar refractivity (Wildman–Crippen MR) is 90.0 cm³/mol. The highest BCUT2D eigenvalue weighted by molar-refractivity contribution is 7.11. The molecule has 0 saturated heterocycles. The van der Waals surface area contributed by atoms with E-state index in [1.165, 1.54) is 46.0 Å². The van der Waals surface area contributed by atoms with Crippen molar-refractivity contribution in [1.82, 2.24) is 10.3 Å². The van der Waals surface area contributed by atoms with Gasteiger partial charge in [0.05, 0.1) is 10.7 Å². The van der Waals surface area contributed by atoms with Gasteiger partial charge in [-0.05, 0) is 31.7 Å². The van der Waals surface area contributed by atoms with Crippen LogP contribution in [0.15, 0.2) is 24.3 Å². The second-order valence-corrected chi connectivity index (χ2v) is 7.21. The maximum Gasteiger partial charge on any atom is 0.0975 e. The van der Waals surface area contributed by atoms with E-state index in [2.05, 4.69) is 43.4 Å². The van der Waals surface area contributed by atoms with Gasteiger partial charge in [-0.25, -0.2) is 4.98 Å². The molecule has 1 heterocycles. The van der Waals surface area contributed by atoms with Gasteiger partial charge < -0.3 is 5.32 Å². The summed E-state index contributed by atoms with van der Waals surface area (Å²) in [5, 5.41) is 4.89. The molecule has 1 aromatic carbocycles. The molecule has 21 heavy (non-hydrogen) atoms. The molecule has 0 unspecified atom stereocenters. The van der Waals surface area contributed by atoms with Gasteiger partial charge in [-0.1, -0.05) is 43.2 Å².